The molecular weight excluding hydrogens is 290 g/mol. The fourth-order valence-electron chi connectivity index (χ4n) is 2.70. The molecule has 0 atom stereocenters. The van der Waals surface area contributed by atoms with Gasteiger partial charge in [0.2, 0.25) is 5.91 Å². The second-order valence-electron chi connectivity index (χ2n) is 6.14. The zero-order chi connectivity index (χ0) is 16.5. The van der Waals surface area contributed by atoms with Crippen molar-refractivity contribution < 1.29 is 9.59 Å². The molecule has 0 aromatic heterocycles. The number of nitrogens with zero attached hydrogens (tertiary/aromatic N) is 1. The van der Waals surface area contributed by atoms with Gasteiger partial charge >= 0.3 is 6.03 Å². The molecule has 0 spiro atoms. The molecule has 1 fully saturated rings. The van der Waals surface area contributed by atoms with E-state index in [0.717, 1.165) is 44.3 Å². The van der Waals surface area contributed by atoms with Gasteiger partial charge in [-0.1, -0.05) is 36.2 Å². The predicted octanol–water partition coefficient (Wildman–Crippen LogP) is 2.59. The Kier molecular flexibility index (Phi) is 6.91. The summed E-state index contributed by atoms with van der Waals surface area (Å²) in [6.45, 7) is 4.74. The van der Waals surface area contributed by atoms with E-state index >= 15 is 0 Å². The molecule has 126 valence electrons. The summed E-state index contributed by atoms with van der Waals surface area (Å²) in [6.07, 6.45) is 4.71. The van der Waals surface area contributed by atoms with E-state index < -0.39 is 0 Å². The molecule has 1 heterocycles. The zero-order valence-corrected chi connectivity index (χ0v) is 13.9. The van der Waals surface area contributed by atoms with Crippen LogP contribution in [0.5, 0.6) is 0 Å². The molecule has 2 N–H and O–H groups in total. The maximum absolute atomic E-state index is 11.9. The number of benzene rings is 1. The van der Waals surface area contributed by atoms with E-state index in [-0.39, 0.29) is 11.9 Å². The van der Waals surface area contributed by atoms with Crippen molar-refractivity contribution in [1.82, 2.24) is 15.5 Å². The Bertz CT molecular complexity index is 514. The summed E-state index contributed by atoms with van der Waals surface area (Å²) in [6, 6.07) is 7.94. The number of carbonyl (C=O) groups is 2. The van der Waals surface area contributed by atoms with Crippen molar-refractivity contribution in [2.24, 2.45) is 0 Å². The Labute approximate surface area is 138 Å². The summed E-state index contributed by atoms with van der Waals surface area (Å²) < 4.78 is 0. The van der Waals surface area contributed by atoms with Crippen molar-refractivity contribution >= 4 is 11.9 Å². The number of carbonyl (C=O) groups excluding carboxylic acids is 2. The first-order chi connectivity index (χ1) is 11.1. The summed E-state index contributed by atoms with van der Waals surface area (Å²) in [5.41, 5.74) is 2.29. The number of hydrogen-bond donors (Lipinski definition) is 2. The maximum atomic E-state index is 11.9. The van der Waals surface area contributed by atoms with Gasteiger partial charge < -0.3 is 15.5 Å². The van der Waals surface area contributed by atoms with E-state index in [4.69, 9.17) is 0 Å². The lowest BCUT2D eigenvalue weighted by molar-refractivity contribution is -0.130. The molecule has 5 heteroatoms. The van der Waals surface area contributed by atoms with Gasteiger partial charge in [-0.25, -0.2) is 4.79 Å². The van der Waals surface area contributed by atoms with E-state index in [1.54, 1.807) is 0 Å². The number of hydrogen-bond acceptors (Lipinski definition) is 2. The van der Waals surface area contributed by atoms with E-state index in [1.807, 2.05) is 36.1 Å². The smallest absolute Gasteiger partial charge is 0.315 e. The summed E-state index contributed by atoms with van der Waals surface area (Å²) in [4.78, 5) is 25.5. The molecule has 0 saturated carbocycles. The predicted molar refractivity (Wildman–Crippen MR) is 91.1 cm³/mol. The standard InChI is InChI=1S/C18H27N3O2/c1-15-7-9-16(10-8-15)14-20-18(23)19-11-5-13-21-12-4-2-3-6-17(21)22/h7-10H,2-6,11-14H2,1H3,(H2,19,20,23). The van der Waals surface area contributed by atoms with Gasteiger partial charge in [0.05, 0.1) is 0 Å². The summed E-state index contributed by atoms with van der Waals surface area (Å²) in [7, 11) is 0. The molecule has 2 rings (SSSR count). The molecule has 1 aliphatic heterocycles. The van der Waals surface area contributed by atoms with Crippen LogP contribution in [0, 0.1) is 6.92 Å². The van der Waals surface area contributed by atoms with Crippen molar-refractivity contribution in [2.45, 2.75) is 45.6 Å². The van der Waals surface area contributed by atoms with Crippen LogP contribution in [0.4, 0.5) is 4.79 Å². The van der Waals surface area contributed by atoms with E-state index in [2.05, 4.69) is 10.6 Å². The lowest BCUT2D eigenvalue weighted by Crippen LogP contribution is -2.38. The topological polar surface area (TPSA) is 61.4 Å². The third-order valence-electron chi connectivity index (χ3n) is 4.14. The quantitative estimate of drug-likeness (QED) is 0.792. The highest BCUT2D eigenvalue weighted by Gasteiger charge is 2.15. The van der Waals surface area contributed by atoms with Crippen LogP contribution in [0.3, 0.4) is 0 Å². The molecule has 3 amide bonds. The minimum absolute atomic E-state index is 0.159. The number of likely N-dealkylation sites (tertiary alicyclic amines) is 1. The summed E-state index contributed by atoms with van der Waals surface area (Å²) in [5, 5.41) is 5.69. The first-order valence-electron chi connectivity index (χ1n) is 8.50. The molecule has 0 bridgehead atoms. The Morgan fingerprint density at radius 3 is 2.70 bits per heavy atom. The maximum Gasteiger partial charge on any atom is 0.315 e. The minimum atomic E-state index is -0.159. The lowest BCUT2D eigenvalue weighted by atomic mass is 10.1. The van der Waals surface area contributed by atoms with Gasteiger partial charge in [-0.05, 0) is 31.7 Å². The normalized spacial score (nSPS) is 15.2. The zero-order valence-electron chi connectivity index (χ0n) is 13.9. The Morgan fingerprint density at radius 2 is 1.91 bits per heavy atom. The van der Waals surface area contributed by atoms with Crippen LogP contribution >= 0.6 is 0 Å². The van der Waals surface area contributed by atoms with E-state index in [9.17, 15) is 9.59 Å². The third kappa shape index (κ3) is 6.30. The SMILES string of the molecule is Cc1ccc(CNC(=O)NCCCN2CCCCCC2=O)cc1. The largest absolute Gasteiger partial charge is 0.343 e. The molecule has 0 unspecified atom stereocenters. The van der Waals surface area contributed by atoms with Crippen LogP contribution in [0.15, 0.2) is 24.3 Å². The Balaban J connectivity index is 1.59. The molecule has 0 aliphatic carbocycles. The van der Waals surface area contributed by atoms with Crippen LogP contribution in [0.25, 0.3) is 0 Å². The average molecular weight is 317 g/mol. The number of amides is 3. The number of rotatable bonds is 6. The third-order valence-corrected chi connectivity index (χ3v) is 4.14. The van der Waals surface area contributed by atoms with Crippen molar-refractivity contribution in [2.75, 3.05) is 19.6 Å². The van der Waals surface area contributed by atoms with Crippen molar-refractivity contribution in [3.63, 3.8) is 0 Å². The first kappa shape index (κ1) is 17.3. The second-order valence-corrected chi connectivity index (χ2v) is 6.14. The van der Waals surface area contributed by atoms with Gasteiger partial charge in [-0.3, -0.25) is 4.79 Å². The van der Waals surface area contributed by atoms with Gasteiger partial charge in [-0.2, -0.15) is 0 Å². The molecule has 23 heavy (non-hydrogen) atoms. The second kappa shape index (κ2) is 9.18. The highest BCUT2D eigenvalue weighted by Crippen LogP contribution is 2.11. The molecule has 0 radical (unpaired) electrons. The molecule has 5 nitrogen and oxygen atoms in total. The highest BCUT2D eigenvalue weighted by atomic mass is 16.2. The number of aryl methyl sites for hydroxylation is 1. The molecule has 1 aromatic carbocycles. The number of urea groups is 1. The van der Waals surface area contributed by atoms with Crippen LogP contribution in [-0.2, 0) is 11.3 Å². The van der Waals surface area contributed by atoms with Crippen molar-refractivity contribution in [3.8, 4) is 0 Å². The van der Waals surface area contributed by atoms with Crippen LogP contribution in [0.2, 0.25) is 0 Å². The van der Waals surface area contributed by atoms with Gasteiger partial charge in [0.1, 0.15) is 0 Å². The monoisotopic (exact) mass is 317 g/mol. The molecule has 1 saturated heterocycles. The van der Waals surface area contributed by atoms with Crippen LogP contribution in [0.1, 0.15) is 43.2 Å². The van der Waals surface area contributed by atoms with Gasteiger partial charge in [0.15, 0.2) is 0 Å². The van der Waals surface area contributed by atoms with Gasteiger partial charge in [-0.15, -0.1) is 0 Å². The van der Waals surface area contributed by atoms with Crippen LogP contribution < -0.4 is 10.6 Å². The summed E-state index contributed by atoms with van der Waals surface area (Å²) in [5.74, 6) is 0.256. The highest BCUT2D eigenvalue weighted by molar-refractivity contribution is 5.76. The molecule has 1 aliphatic rings. The minimum Gasteiger partial charge on any atom is -0.343 e. The first-order valence-corrected chi connectivity index (χ1v) is 8.50. The summed E-state index contributed by atoms with van der Waals surface area (Å²) >= 11 is 0. The lowest BCUT2D eigenvalue weighted by Gasteiger charge is -2.20. The fourth-order valence-corrected chi connectivity index (χ4v) is 2.70. The van der Waals surface area contributed by atoms with E-state index in [0.29, 0.717) is 19.5 Å². The van der Waals surface area contributed by atoms with Gasteiger partial charge in [0.25, 0.3) is 0 Å². The Morgan fingerprint density at radius 1 is 1.13 bits per heavy atom. The molecular formula is C18H27N3O2. The van der Waals surface area contributed by atoms with Gasteiger partial charge in [0, 0.05) is 32.6 Å². The average Bonchev–Trinajstić information content (AvgIpc) is 2.75. The fraction of sp³-hybridized carbons (Fsp3) is 0.556. The number of nitrogens with one attached hydrogen (secondary N) is 2. The van der Waals surface area contributed by atoms with Crippen molar-refractivity contribution in [1.29, 1.82) is 0 Å². The van der Waals surface area contributed by atoms with Crippen molar-refractivity contribution in [3.05, 3.63) is 35.4 Å². The van der Waals surface area contributed by atoms with E-state index in [1.165, 1.54) is 5.56 Å². The Hall–Kier alpha value is -2.04. The van der Waals surface area contributed by atoms with Crippen LogP contribution in [-0.4, -0.2) is 36.5 Å². The molecule has 1 aromatic rings.